The van der Waals surface area contributed by atoms with Crippen molar-refractivity contribution < 1.29 is 28.5 Å². The summed E-state index contributed by atoms with van der Waals surface area (Å²) in [5, 5.41) is 3.34. The second-order valence-electron chi connectivity index (χ2n) is 8.01. The first-order chi connectivity index (χ1) is 15.8. The molecule has 1 saturated heterocycles. The lowest BCUT2D eigenvalue weighted by atomic mass is 10.2. The summed E-state index contributed by atoms with van der Waals surface area (Å²) in [7, 11) is 1.36. The van der Waals surface area contributed by atoms with Gasteiger partial charge in [0, 0.05) is 32.7 Å². The van der Waals surface area contributed by atoms with Gasteiger partial charge in [0.05, 0.1) is 64.7 Å². The Balaban J connectivity index is 1.56. The fraction of sp³-hybridized carbons (Fsp3) is 0.739. The fourth-order valence-electron chi connectivity index (χ4n) is 3.96. The number of pyridine rings is 1. The number of fused-ring (bicyclic) bond motifs is 1. The van der Waals surface area contributed by atoms with Crippen LogP contribution in [0.4, 0.5) is 0 Å². The number of nitrogens with zero attached hydrogens (tertiary/aromatic N) is 2. The molecule has 9 heteroatoms. The van der Waals surface area contributed by atoms with Crippen LogP contribution in [-0.2, 0) is 30.2 Å². The minimum Gasteiger partial charge on any atom is -0.464 e. The van der Waals surface area contributed by atoms with Crippen LogP contribution in [0.15, 0.2) is 18.2 Å². The third-order valence-electron chi connectivity index (χ3n) is 5.68. The van der Waals surface area contributed by atoms with Crippen molar-refractivity contribution in [3.63, 3.8) is 0 Å². The van der Waals surface area contributed by atoms with Gasteiger partial charge in [0.2, 0.25) is 0 Å². The number of esters is 1. The first-order valence-corrected chi connectivity index (χ1v) is 11.6. The zero-order valence-corrected chi connectivity index (χ0v) is 19.1. The summed E-state index contributed by atoms with van der Waals surface area (Å²) in [5.41, 5.74) is 1.13. The van der Waals surface area contributed by atoms with E-state index in [0.717, 1.165) is 51.1 Å². The van der Waals surface area contributed by atoms with Crippen molar-refractivity contribution in [3.05, 3.63) is 29.6 Å². The summed E-state index contributed by atoms with van der Waals surface area (Å²) in [6.07, 6.45) is 3.55. The Hall–Kier alpha value is -1.62. The number of methoxy groups -OCH3 is 1. The molecule has 180 valence electrons. The molecule has 1 aliphatic heterocycles. The summed E-state index contributed by atoms with van der Waals surface area (Å²) in [4.78, 5) is 18.5. The van der Waals surface area contributed by atoms with Gasteiger partial charge in [0.15, 0.2) is 0 Å². The van der Waals surface area contributed by atoms with Gasteiger partial charge in [-0.3, -0.25) is 4.90 Å². The van der Waals surface area contributed by atoms with Gasteiger partial charge in [-0.2, -0.15) is 0 Å². The van der Waals surface area contributed by atoms with E-state index < -0.39 is 5.97 Å². The lowest BCUT2D eigenvalue weighted by molar-refractivity contribution is -0.0610. The molecule has 0 spiro atoms. The normalized spacial score (nSPS) is 25.4. The minimum absolute atomic E-state index is 0.149. The Morgan fingerprint density at radius 2 is 1.75 bits per heavy atom. The number of carbonyl (C=O) groups is 1. The van der Waals surface area contributed by atoms with Crippen molar-refractivity contribution in [2.45, 2.75) is 38.0 Å². The Morgan fingerprint density at radius 1 is 1.03 bits per heavy atom. The molecule has 3 rings (SSSR count). The maximum atomic E-state index is 11.8. The van der Waals surface area contributed by atoms with E-state index in [4.69, 9.17) is 23.7 Å². The number of nitrogens with one attached hydrogen (secondary N) is 1. The molecule has 1 saturated carbocycles. The molecule has 9 nitrogen and oxygen atoms in total. The molecule has 2 atom stereocenters. The summed E-state index contributed by atoms with van der Waals surface area (Å²) in [6, 6.07) is 5.41. The van der Waals surface area contributed by atoms with Gasteiger partial charge in [0.25, 0.3) is 0 Å². The standard InChI is InChI=1S/C23H37N3O6/c1-28-23(27)20-5-2-4-19(25-20)18-26-10-14-30-17-16-29-12-8-24-9-13-31-21-6-3-7-22(21)32-15-11-26/h2,4-5,21-22,24H,3,6-18H2,1H3. The molecule has 1 aromatic rings. The van der Waals surface area contributed by atoms with Crippen LogP contribution in [0.25, 0.3) is 0 Å². The predicted molar refractivity (Wildman–Crippen MR) is 119 cm³/mol. The van der Waals surface area contributed by atoms with Gasteiger partial charge in [-0.05, 0) is 31.4 Å². The van der Waals surface area contributed by atoms with E-state index in [9.17, 15) is 4.79 Å². The van der Waals surface area contributed by atoms with Gasteiger partial charge >= 0.3 is 5.97 Å². The van der Waals surface area contributed by atoms with E-state index in [0.29, 0.717) is 51.9 Å². The number of ether oxygens (including phenoxy) is 5. The number of carbonyl (C=O) groups excluding carboxylic acids is 1. The van der Waals surface area contributed by atoms with Crippen LogP contribution in [0, 0.1) is 0 Å². The number of hydrogen-bond donors (Lipinski definition) is 1. The second-order valence-corrected chi connectivity index (χ2v) is 8.01. The van der Waals surface area contributed by atoms with Gasteiger partial charge in [-0.25, -0.2) is 9.78 Å². The van der Waals surface area contributed by atoms with Crippen molar-refractivity contribution in [1.82, 2.24) is 15.2 Å². The van der Waals surface area contributed by atoms with Crippen LogP contribution in [0.3, 0.4) is 0 Å². The highest BCUT2D eigenvalue weighted by Gasteiger charge is 2.28. The van der Waals surface area contributed by atoms with Gasteiger partial charge in [-0.1, -0.05) is 6.07 Å². The Morgan fingerprint density at radius 3 is 2.56 bits per heavy atom. The predicted octanol–water partition coefficient (Wildman–Crippen LogP) is 1.26. The Labute approximate surface area is 190 Å². The summed E-state index contributed by atoms with van der Waals surface area (Å²) in [6.45, 7) is 7.39. The molecule has 2 fully saturated rings. The average molecular weight is 452 g/mol. The summed E-state index contributed by atoms with van der Waals surface area (Å²) in [5.74, 6) is -0.430. The lowest BCUT2D eigenvalue weighted by Crippen LogP contribution is -2.35. The highest BCUT2D eigenvalue weighted by Crippen LogP contribution is 2.24. The van der Waals surface area contributed by atoms with Gasteiger partial charge in [-0.15, -0.1) is 0 Å². The number of hydrogen-bond acceptors (Lipinski definition) is 9. The Kier molecular flexibility index (Phi) is 11.3. The minimum atomic E-state index is -0.430. The molecule has 0 aromatic carbocycles. The van der Waals surface area contributed by atoms with Gasteiger partial charge < -0.3 is 29.0 Å². The molecule has 2 aliphatic rings. The van der Waals surface area contributed by atoms with Crippen LogP contribution < -0.4 is 5.32 Å². The van der Waals surface area contributed by atoms with E-state index in [2.05, 4.69) is 15.2 Å². The monoisotopic (exact) mass is 451 g/mol. The number of rotatable bonds is 3. The molecule has 0 bridgehead atoms. The van der Waals surface area contributed by atoms with E-state index >= 15 is 0 Å². The van der Waals surface area contributed by atoms with Crippen molar-refractivity contribution >= 4 is 5.97 Å². The van der Waals surface area contributed by atoms with Crippen molar-refractivity contribution in [2.75, 3.05) is 72.9 Å². The zero-order chi connectivity index (χ0) is 22.4. The molecule has 1 N–H and O–H groups in total. The molecule has 2 heterocycles. The zero-order valence-electron chi connectivity index (χ0n) is 19.1. The molecule has 0 amide bonds. The summed E-state index contributed by atoms with van der Waals surface area (Å²) >= 11 is 0. The van der Waals surface area contributed by atoms with Crippen LogP contribution >= 0.6 is 0 Å². The number of aromatic nitrogens is 1. The average Bonchev–Trinajstić information content (AvgIpc) is 3.25. The molecule has 32 heavy (non-hydrogen) atoms. The molecular weight excluding hydrogens is 414 g/mol. The van der Waals surface area contributed by atoms with Crippen molar-refractivity contribution in [3.8, 4) is 0 Å². The van der Waals surface area contributed by atoms with E-state index in [1.807, 2.05) is 12.1 Å². The molecule has 1 aliphatic carbocycles. The fourth-order valence-corrected chi connectivity index (χ4v) is 3.96. The van der Waals surface area contributed by atoms with E-state index in [1.165, 1.54) is 7.11 Å². The highest BCUT2D eigenvalue weighted by molar-refractivity contribution is 5.87. The topological polar surface area (TPSA) is 91.4 Å². The first-order valence-electron chi connectivity index (χ1n) is 11.6. The smallest absolute Gasteiger partial charge is 0.356 e. The van der Waals surface area contributed by atoms with E-state index in [1.54, 1.807) is 6.07 Å². The van der Waals surface area contributed by atoms with Crippen LogP contribution in [-0.4, -0.2) is 101 Å². The first kappa shape index (κ1) is 25.0. The van der Waals surface area contributed by atoms with Crippen molar-refractivity contribution in [1.29, 1.82) is 0 Å². The van der Waals surface area contributed by atoms with Crippen LogP contribution in [0.5, 0.6) is 0 Å². The van der Waals surface area contributed by atoms with Gasteiger partial charge in [0.1, 0.15) is 5.69 Å². The molecule has 2 unspecified atom stereocenters. The SMILES string of the molecule is COC(=O)c1cccc(CN2CCOCCOCCNCCOC3CCCC3OCC2)n1. The maximum absolute atomic E-state index is 11.8. The lowest BCUT2D eigenvalue weighted by Gasteiger charge is -2.25. The molecule has 0 radical (unpaired) electrons. The summed E-state index contributed by atoms with van der Waals surface area (Å²) < 4.78 is 28.4. The van der Waals surface area contributed by atoms with Crippen LogP contribution in [0.2, 0.25) is 0 Å². The molecular formula is C23H37N3O6. The largest absolute Gasteiger partial charge is 0.464 e. The van der Waals surface area contributed by atoms with Crippen LogP contribution in [0.1, 0.15) is 35.4 Å². The second kappa shape index (κ2) is 14.5. The quantitative estimate of drug-likeness (QED) is 0.682. The molecule has 1 aromatic heterocycles. The maximum Gasteiger partial charge on any atom is 0.356 e. The van der Waals surface area contributed by atoms with Crippen molar-refractivity contribution in [2.24, 2.45) is 0 Å². The Bertz CT molecular complexity index is 677. The third-order valence-corrected chi connectivity index (χ3v) is 5.68. The highest BCUT2D eigenvalue weighted by atomic mass is 16.5. The van der Waals surface area contributed by atoms with E-state index in [-0.39, 0.29) is 12.2 Å². The third kappa shape index (κ3) is 8.73.